The summed E-state index contributed by atoms with van der Waals surface area (Å²) >= 11 is 9.10. The first kappa shape index (κ1) is 12.9. The maximum atomic E-state index is 4.55. The fraction of sp³-hybridized carbons (Fsp3) is 0.857. The van der Waals surface area contributed by atoms with Crippen LogP contribution < -0.4 is 0 Å². The summed E-state index contributed by atoms with van der Waals surface area (Å²) in [5.41, 5.74) is 0. The van der Waals surface area contributed by atoms with Crippen molar-refractivity contribution in [2.45, 2.75) is 61.9 Å². The van der Waals surface area contributed by atoms with Crippen molar-refractivity contribution in [2.75, 3.05) is 0 Å². The molecule has 0 aromatic carbocycles. The molecule has 0 saturated heterocycles. The molecule has 0 spiro atoms. The van der Waals surface area contributed by atoms with E-state index in [9.17, 15) is 0 Å². The molecular formula is C14H24S2. The molecule has 0 heterocycles. The van der Waals surface area contributed by atoms with Crippen LogP contribution >= 0.6 is 25.3 Å². The third-order valence-corrected chi connectivity index (χ3v) is 5.17. The van der Waals surface area contributed by atoms with E-state index in [1.807, 2.05) is 0 Å². The van der Waals surface area contributed by atoms with Gasteiger partial charge in [-0.15, -0.1) is 0 Å². The highest BCUT2D eigenvalue weighted by atomic mass is 32.1. The van der Waals surface area contributed by atoms with Crippen molar-refractivity contribution in [3.05, 3.63) is 12.2 Å². The van der Waals surface area contributed by atoms with Crippen LogP contribution in [0.3, 0.4) is 0 Å². The number of hydrogen-bond acceptors (Lipinski definition) is 2. The molecule has 2 saturated carbocycles. The van der Waals surface area contributed by atoms with Gasteiger partial charge in [0.1, 0.15) is 0 Å². The van der Waals surface area contributed by atoms with Crippen molar-refractivity contribution >= 4 is 25.3 Å². The van der Waals surface area contributed by atoms with Gasteiger partial charge < -0.3 is 0 Å². The number of allylic oxidation sites excluding steroid dienone is 2. The summed E-state index contributed by atoms with van der Waals surface area (Å²) in [6.07, 6.45) is 15.6. The Hall–Kier alpha value is 0.440. The van der Waals surface area contributed by atoms with E-state index in [2.05, 4.69) is 37.4 Å². The van der Waals surface area contributed by atoms with E-state index in [1.54, 1.807) is 0 Å². The lowest BCUT2D eigenvalue weighted by Gasteiger charge is -2.25. The molecule has 2 aliphatic carbocycles. The predicted molar refractivity (Wildman–Crippen MR) is 78.6 cm³/mol. The topological polar surface area (TPSA) is 0 Å². The van der Waals surface area contributed by atoms with Gasteiger partial charge in [-0.05, 0) is 63.2 Å². The fourth-order valence-corrected chi connectivity index (χ4v) is 3.50. The highest BCUT2D eigenvalue weighted by Gasteiger charge is 2.19. The number of rotatable bonds is 2. The van der Waals surface area contributed by atoms with E-state index in [0.29, 0.717) is 10.5 Å². The summed E-state index contributed by atoms with van der Waals surface area (Å²) in [5, 5.41) is 1.34. The zero-order valence-corrected chi connectivity index (χ0v) is 11.8. The molecule has 0 radical (unpaired) electrons. The highest BCUT2D eigenvalue weighted by Crippen LogP contribution is 2.31. The summed E-state index contributed by atoms with van der Waals surface area (Å²) in [7, 11) is 0. The van der Waals surface area contributed by atoms with Crippen LogP contribution in [0.1, 0.15) is 51.4 Å². The Morgan fingerprint density at radius 1 is 0.562 bits per heavy atom. The minimum atomic E-state index is 0.671. The van der Waals surface area contributed by atoms with E-state index in [-0.39, 0.29) is 0 Å². The molecule has 2 aliphatic rings. The first-order chi connectivity index (χ1) is 7.74. The van der Waals surface area contributed by atoms with Gasteiger partial charge in [-0.1, -0.05) is 12.2 Å². The average Bonchev–Trinajstić information content (AvgIpc) is 2.30. The Kier molecular flexibility index (Phi) is 5.15. The summed E-state index contributed by atoms with van der Waals surface area (Å²) in [6.45, 7) is 0. The van der Waals surface area contributed by atoms with Crippen molar-refractivity contribution < 1.29 is 0 Å². The predicted octanol–water partition coefficient (Wildman–Crippen LogP) is 4.52. The Morgan fingerprint density at radius 3 is 1.19 bits per heavy atom. The van der Waals surface area contributed by atoms with Gasteiger partial charge in [-0.2, -0.15) is 25.3 Å². The van der Waals surface area contributed by atoms with Crippen molar-refractivity contribution in [3.8, 4) is 0 Å². The molecule has 0 aliphatic heterocycles. The molecule has 2 fully saturated rings. The maximum absolute atomic E-state index is 4.55. The van der Waals surface area contributed by atoms with Crippen molar-refractivity contribution in [2.24, 2.45) is 11.8 Å². The molecule has 0 bridgehead atoms. The van der Waals surface area contributed by atoms with Crippen LogP contribution in [-0.4, -0.2) is 10.5 Å². The van der Waals surface area contributed by atoms with Gasteiger partial charge in [0.2, 0.25) is 0 Å². The van der Waals surface area contributed by atoms with E-state index < -0.39 is 0 Å². The van der Waals surface area contributed by atoms with E-state index in [0.717, 1.165) is 11.8 Å². The number of thiol groups is 2. The fourth-order valence-electron chi connectivity index (χ4n) is 2.90. The molecule has 0 nitrogen and oxygen atoms in total. The van der Waals surface area contributed by atoms with Crippen LogP contribution in [0.5, 0.6) is 0 Å². The zero-order valence-electron chi connectivity index (χ0n) is 10.0. The van der Waals surface area contributed by atoms with Gasteiger partial charge in [-0.25, -0.2) is 0 Å². The van der Waals surface area contributed by atoms with Crippen molar-refractivity contribution in [1.29, 1.82) is 0 Å². The van der Waals surface area contributed by atoms with Gasteiger partial charge in [-0.3, -0.25) is 0 Å². The lowest BCUT2D eigenvalue weighted by atomic mass is 9.85. The number of hydrogen-bond donors (Lipinski definition) is 2. The van der Waals surface area contributed by atoms with Crippen LogP contribution in [0.25, 0.3) is 0 Å². The van der Waals surface area contributed by atoms with Gasteiger partial charge in [0.05, 0.1) is 0 Å². The molecule has 0 unspecified atom stereocenters. The first-order valence-electron chi connectivity index (χ1n) is 6.78. The van der Waals surface area contributed by atoms with E-state index >= 15 is 0 Å². The average molecular weight is 256 g/mol. The molecule has 0 aromatic rings. The Bertz CT molecular complexity index is 197. The van der Waals surface area contributed by atoms with Gasteiger partial charge in [0.25, 0.3) is 0 Å². The quantitative estimate of drug-likeness (QED) is 0.527. The summed E-state index contributed by atoms with van der Waals surface area (Å²) in [5.74, 6) is 1.69. The molecule has 2 heteroatoms. The van der Waals surface area contributed by atoms with Gasteiger partial charge in [0, 0.05) is 10.5 Å². The standard InChI is InChI=1S/C14H24S2/c15-13-7-3-11(4-8-13)1-2-12-5-9-14(16)10-6-12/h1-2,11-16H,3-10H2. The summed E-state index contributed by atoms with van der Waals surface area (Å²) in [4.78, 5) is 0. The molecule has 0 N–H and O–H groups in total. The van der Waals surface area contributed by atoms with Gasteiger partial charge >= 0.3 is 0 Å². The van der Waals surface area contributed by atoms with Crippen LogP contribution in [0.4, 0.5) is 0 Å². The zero-order chi connectivity index (χ0) is 11.4. The lowest BCUT2D eigenvalue weighted by Crippen LogP contribution is -2.14. The third kappa shape index (κ3) is 4.03. The highest BCUT2D eigenvalue weighted by molar-refractivity contribution is 7.81. The molecule has 2 rings (SSSR count). The van der Waals surface area contributed by atoms with Gasteiger partial charge in [0.15, 0.2) is 0 Å². The monoisotopic (exact) mass is 256 g/mol. The van der Waals surface area contributed by atoms with Crippen molar-refractivity contribution in [1.82, 2.24) is 0 Å². The smallest absolute Gasteiger partial charge is 0.00172 e. The normalized spacial score (nSPS) is 41.4. The second-order valence-corrected chi connectivity index (χ2v) is 6.98. The molecule has 0 amide bonds. The molecule has 16 heavy (non-hydrogen) atoms. The minimum Gasteiger partial charge on any atom is -0.176 e. The maximum Gasteiger partial charge on any atom is 0.00172 e. The van der Waals surface area contributed by atoms with Crippen molar-refractivity contribution in [3.63, 3.8) is 0 Å². The SMILES string of the molecule is SC1CCC(C=CC2CCC(S)CC2)CC1. The van der Waals surface area contributed by atoms with Crippen LogP contribution in [0.2, 0.25) is 0 Å². The lowest BCUT2D eigenvalue weighted by molar-refractivity contribution is 0.410. The van der Waals surface area contributed by atoms with E-state index in [4.69, 9.17) is 0 Å². The summed E-state index contributed by atoms with van der Waals surface area (Å²) in [6, 6.07) is 0. The second-order valence-electron chi connectivity index (χ2n) is 5.52. The Morgan fingerprint density at radius 2 is 0.875 bits per heavy atom. The molecular weight excluding hydrogens is 232 g/mol. The van der Waals surface area contributed by atoms with Crippen LogP contribution in [0.15, 0.2) is 12.2 Å². The minimum absolute atomic E-state index is 0.671. The first-order valence-corrected chi connectivity index (χ1v) is 7.82. The van der Waals surface area contributed by atoms with Crippen LogP contribution in [0, 0.1) is 11.8 Å². The molecule has 92 valence electrons. The largest absolute Gasteiger partial charge is 0.176 e. The third-order valence-electron chi connectivity index (χ3n) is 4.14. The Balaban J connectivity index is 1.72. The molecule has 0 atom stereocenters. The summed E-state index contributed by atoms with van der Waals surface area (Å²) < 4.78 is 0. The Labute approximate surface area is 111 Å². The van der Waals surface area contributed by atoms with E-state index in [1.165, 1.54) is 51.4 Å². The second kappa shape index (κ2) is 6.39. The molecule has 0 aromatic heterocycles. The van der Waals surface area contributed by atoms with Crippen LogP contribution in [-0.2, 0) is 0 Å².